The second-order valence-corrected chi connectivity index (χ2v) is 11.3. The average molecular weight is 359 g/mol. The first-order valence-electron chi connectivity index (χ1n) is 9.09. The molecule has 1 saturated heterocycles. The van der Waals surface area contributed by atoms with Gasteiger partial charge in [0.25, 0.3) is 0 Å². The van der Waals surface area contributed by atoms with E-state index in [-0.39, 0.29) is 16.3 Å². The molecule has 140 valence electrons. The third-order valence-corrected chi connectivity index (χ3v) is 6.73. The molecule has 24 heavy (non-hydrogen) atoms. The first-order chi connectivity index (χ1) is 10.9. The number of carbonyl (C=O) groups is 1. The maximum Gasteiger partial charge on any atom is 0.410 e. The fraction of sp³-hybridized carbons (Fsp3) is 0.944. The van der Waals surface area contributed by atoms with Crippen LogP contribution in [-0.2, 0) is 15.7 Å². The van der Waals surface area contributed by atoms with Crippen LogP contribution in [0, 0.1) is 5.41 Å². The molecule has 2 aliphatic rings. The highest BCUT2D eigenvalue weighted by Gasteiger charge is 2.46. The van der Waals surface area contributed by atoms with Gasteiger partial charge < -0.3 is 9.64 Å². The number of rotatable bonds is 2. The summed E-state index contributed by atoms with van der Waals surface area (Å²) in [5, 5.41) is 0. The zero-order valence-corrected chi connectivity index (χ0v) is 16.9. The van der Waals surface area contributed by atoms with Gasteiger partial charge in [0.05, 0.1) is 15.7 Å². The zero-order valence-electron chi connectivity index (χ0n) is 16.1. The first-order valence-corrected chi connectivity index (χ1v) is 10.2. The highest BCUT2D eigenvalue weighted by atomic mass is 32.2. The van der Waals surface area contributed by atoms with Gasteiger partial charge in [-0.15, -0.1) is 0 Å². The van der Waals surface area contributed by atoms with Gasteiger partial charge in [-0.3, -0.25) is 0 Å². The molecule has 0 unspecified atom stereocenters. The van der Waals surface area contributed by atoms with Gasteiger partial charge in [-0.05, 0) is 72.6 Å². The number of nitrogens with one attached hydrogen (secondary N) is 1. The molecule has 0 aromatic heterocycles. The van der Waals surface area contributed by atoms with Crippen molar-refractivity contribution in [1.82, 2.24) is 9.62 Å². The largest absolute Gasteiger partial charge is 0.444 e. The fourth-order valence-corrected chi connectivity index (χ4v) is 4.67. The topological polar surface area (TPSA) is 58.6 Å². The first kappa shape index (κ1) is 19.7. The van der Waals surface area contributed by atoms with Crippen molar-refractivity contribution in [2.24, 2.45) is 5.41 Å². The minimum absolute atomic E-state index is 0.180. The summed E-state index contributed by atoms with van der Waals surface area (Å²) in [6.45, 7) is 13.2. The summed E-state index contributed by atoms with van der Waals surface area (Å²) in [7, 11) is -1.04. The SMILES string of the molecule is CC(C)(C)OC(=O)N1CCC2(CCC[C@H]2N[S@@](=O)C(C)(C)C)CC1. The van der Waals surface area contributed by atoms with Crippen LogP contribution in [0.15, 0.2) is 0 Å². The number of likely N-dealkylation sites (tertiary alicyclic amines) is 1. The molecule has 1 saturated carbocycles. The van der Waals surface area contributed by atoms with Crippen molar-refractivity contribution >= 4 is 17.1 Å². The maximum absolute atomic E-state index is 12.5. The molecule has 0 aromatic carbocycles. The number of hydrogen-bond donors (Lipinski definition) is 1. The van der Waals surface area contributed by atoms with E-state index >= 15 is 0 Å². The third-order valence-electron chi connectivity index (χ3n) is 5.12. The van der Waals surface area contributed by atoms with Crippen LogP contribution in [-0.4, -0.2) is 44.7 Å². The lowest BCUT2D eigenvalue weighted by Gasteiger charge is -2.43. The molecular weight excluding hydrogens is 324 g/mol. The number of ether oxygens (including phenoxy) is 1. The smallest absolute Gasteiger partial charge is 0.410 e. The van der Waals surface area contributed by atoms with Gasteiger partial charge >= 0.3 is 6.09 Å². The number of nitrogens with zero attached hydrogens (tertiary/aromatic N) is 1. The second kappa shape index (κ2) is 6.94. The maximum atomic E-state index is 12.5. The summed E-state index contributed by atoms with van der Waals surface area (Å²) in [6.07, 6.45) is 5.13. The van der Waals surface area contributed by atoms with E-state index in [0.717, 1.165) is 38.8 Å². The van der Waals surface area contributed by atoms with Crippen LogP contribution in [0.1, 0.15) is 73.6 Å². The molecule has 0 radical (unpaired) electrons. The molecule has 1 aliphatic carbocycles. The average Bonchev–Trinajstić information content (AvgIpc) is 2.79. The lowest BCUT2D eigenvalue weighted by Crippen LogP contribution is -2.52. The van der Waals surface area contributed by atoms with Gasteiger partial charge in [0.15, 0.2) is 0 Å². The lowest BCUT2D eigenvalue weighted by atomic mass is 9.74. The van der Waals surface area contributed by atoms with Gasteiger partial charge in [0.2, 0.25) is 0 Å². The van der Waals surface area contributed by atoms with Gasteiger partial charge in [-0.25, -0.2) is 13.7 Å². The third kappa shape index (κ3) is 4.72. The predicted octanol–water partition coefficient (Wildman–Crippen LogP) is 3.61. The van der Waals surface area contributed by atoms with Crippen molar-refractivity contribution in [3.05, 3.63) is 0 Å². The second-order valence-electron chi connectivity index (χ2n) is 9.27. The molecule has 1 N–H and O–H groups in total. The van der Waals surface area contributed by atoms with E-state index in [1.54, 1.807) is 0 Å². The van der Waals surface area contributed by atoms with E-state index in [9.17, 15) is 9.00 Å². The van der Waals surface area contributed by atoms with E-state index in [0.29, 0.717) is 6.04 Å². The predicted molar refractivity (Wildman–Crippen MR) is 98.1 cm³/mol. The summed E-state index contributed by atoms with van der Waals surface area (Å²) in [4.78, 5) is 14.1. The number of hydrogen-bond acceptors (Lipinski definition) is 3. The van der Waals surface area contributed by atoms with Crippen molar-refractivity contribution in [3.63, 3.8) is 0 Å². The number of piperidine rings is 1. The summed E-state index contributed by atoms with van der Waals surface area (Å²) >= 11 is 0. The van der Waals surface area contributed by atoms with Crippen LogP contribution in [0.25, 0.3) is 0 Å². The van der Waals surface area contributed by atoms with Crippen LogP contribution in [0.4, 0.5) is 4.79 Å². The van der Waals surface area contributed by atoms with E-state index in [2.05, 4.69) is 4.72 Å². The van der Waals surface area contributed by atoms with E-state index in [4.69, 9.17) is 4.74 Å². The Labute approximate surface area is 149 Å². The summed E-state index contributed by atoms with van der Waals surface area (Å²) in [5.74, 6) is 0. The molecule has 2 rings (SSSR count). The quantitative estimate of drug-likeness (QED) is 0.820. The van der Waals surface area contributed by atoms with Crippen LogP contribution in [0.5, 0.6) is 0 Å². The molecular formula is C18H34N2O3S. The highest BCUT2D eigenvalue weighted by molar-refractivity contribution is 7.84. The van der Waals surface area contributed by atoms with Gasteiger partial charge in [0.1, 0.15) is 5.60 Å². The zero-order chi connectivity index (χ0) is 18.2. The standard InChI is InChI=1S/C18H34N2O3S/c1-16(2,3)23-15(21)20-12-10-18(11-13-20)9-7-8-14(18)19-24(22)17(4,5)6/h14,19H,7-13H2,1-6H3/t14-,24+/m1/s1. The molecule has 6 heteroatoms. The highest BCUT2D eigenvalue weighted by Crippen LogP contribution is 2.47. The Hall–Kier alpha value is -0.620. The normalized spacial score (nSPS) is 25.8. The van der Waals surface area contributed by atoms with Gasteiger partial charge in [-0.2, -0.15) is 0 Å². The number of carbonyl (C=O) groups excluding carboxylic acids is 1. The van der Waals surface area contributed by atoms with E-state index in [1.807, 2.05) is 46.4 Å². The Kier molecular flexibility index (Phi) is 5.70. The van der Waals surface area contributed by atoms with Crippen molar-refractivity contribution < 1.29 is 13.7 Å². The molecule has 2 atom stereocenters. The Bertz CT molecular complexity index is 485. The fourth-order valence-electron chi connectivity index (χ4n) is 3.69. The van der Waals surface area contributed by atoms with Crippen molar-refractivity contribution in [1.29, 1.82) is 0 Å². The Morgan fingerprint density at radius 1 is 1.12 bits per heavy atom. The van der Waals surface area contributed by atoms with Crippen molar-refractivity contribution in [2.75, 3.05) is 13.1 Å². The molecule has 1 amide bonds. The molecule has 0 bridgehead atoms. The molecule has 2 fully saturated rings. The molecule has 0 aromatic rings. The molecule has 5 nitrogen and oxygen atoms in total. The Morgan fingerprint density at radius 3 is 2.21 bits per heavy atom. The van der Waals surface area contributed by atoms with Crippen molar-refractivity contribution in [2.45, 2.75) is 90.0 Å². The molecule has 1 heterocycles. The summed E-state index contributed by atoms with van der Waals surface area (Å²) < 4.78 is 21.1. The van der Waals surface area contributed by atoms with Gasteiger partial charge in [-0.1, -0.05) is 6.42 Å². The van der Waals surface area contributed by atoms with E-state index in [1.165, 1.54) is 6.42 Å². The Balaban J connectivity index is 1.96. The van der Waals surface area contributed by atoms with Gasteiger partial charge in [0, 0.05) is 19.1 Å². The minimum Gasteiger partial charge on any atom is -0.444 e. The van der Waals surface area contributed by atoms with Crippen LogP contribution in [0.2, 0.25) is 0 Å². The van der Waals surface area contributed by atoms with E-state index < -0.39 is 16.6 Å². The molecule has 1 aliphatic heterocycles. The van der Waals surface area contributed by atoms with Crippen LogP contribution >= 0.6 is 0 Å². The Morgan fingerprint density at radius 2 is 1.71 bits per heavy atom. The van der Waals surface area contributed by atoms with Crippen molar-refractivity contribution in [3.8, 4) is 0 Å². The van der Waals surface area contributed by atoms with Crippen LogP contribution in [0.3, 0.4) is 0 Å². The monoisotopic (exact) mass is 358 g/mol. The summed E-state index contributed by atoms with van der Waals surface area (Å²) in [6, 6.07) is 0.290. The summed E-state index contributed by atoms with van der Waals surface area (Å²) in [5.41, 5.74) is -0.271. The minimum atomic E-state index is -1.04. The number of amides is 1. The lowest BCUT2D eigenvalue weighted by molar-refractivity contribution is 0.00825. The molecule has 1 spiro atoms. The van der Waals surface area contributed by atoms with Crippen LogP contribution < -0.4 is 4.72 Å².